The first-order valence-corrected chi connectivity index (χ1v) is 7.36. The predicted molar refractivity (Wildman–Crippen MR) is 77.7 cm³/mol. The molecule has 1 aromatic rings. The molecule has 1 heterocycles. The van der Waals surface area contributed by atoms with Crippen LogP contribution in [0.15, 0.2) is 24.3 Å². The van der Waals surface area contributed by atoms with Crippen LogP contribution in [-0.4, -0.2) is 31.1 Å². The summed E-state index contributed by atoms with van der Waals surface area (Å²) in [7, 11) is 2.21. The van der Waals surface area contributed by atoms with Crippen molar-refractivity contribution < 1.29 is 4.39 Å². The highest BCUT2D eigenvalue weighted by Crippen LogP contribution is 2.19. The second-order valence-corrected chi connectivity index (χ2v) is 5.62. The summed E-state index contributed by atoms with van der Waals surface area (Å²) in [6.07, 6.45) is 5.12. The number of piperidine rings is 1. The minimum absolute atomic E-state index is 0.0788. The highest BCUT2D eigenvalue weighted by Gasteiger charge is 2.18. The summed E-state index contributed by atoms with van der Waals surface area (Å²) in [6, 6.07) is 7.79. The van der Waals surface area contributed by atoms with Crippen molar-refractivity contribution in [3.05, 3.63) is 35.6 Å². The maximum absolute atomic E-state index is 13.6. The van der Waals surface area contributed by atoms with Crippen molar-refractivity contribution in [1.82, 2.24) is 10.2 Å². The van der Waals surface area contributed by atoms with E-state index in [-0.39, 0.29) is 11.9 Å². The van der Waals surface area contributed by atoms with Gasteiger partial charge in [-0.3, -0.25) is 0 Å². The van der Waals surface area contributed by atoms with Gasteiger partial charge in [-0.1, -0.05) is 24.6 Å². The fourth-order valence-electron chi connectivity index (χ4n) is 2.91. The summed E-state index contributed by atoms with van der Waals surface area (Å²) in [4.78, 5) is 2.46. The molecule has 1 aliphatic rings. The van der Waals surface area contributed by atoms with Crippen LogP contribution in [-0.2, 0) is 0 Å². The van der Waals surface area contributed by atoms with E-state index in [0.29, 0.717) is 6.04 Å². The third-order valence-electron chi connectivity index (χ3n) is 4.22. The van der Waals surface area contributed by atoms with Crippen LogP contribution in [0.25, 0.3) is 0 Å². The molecule has 0 radical (unpaired) electrons. The van der Waals surface area contributed by atoms with Gasteiger partial charge in [0.05, 0.1) is 0 Å². The Morgan fingerprint density at radius 2 is 2.16 bits per heavy atom. The van der Waals surface area contributed by atoms with E-state index in [0.717, 1.165) is 18.5 Å². The molecule has 3 heteroatoms. The molecule has 2 nitrogen and oxygen atoms in total. The lowest BCUT2D eigenvalue weighted by Gasteiger charge is -2.32. The van der Waals surface area contributed by atoms with Gasteiger partial charge in [0.1, 0.15) is 5.82 Å². The van der Waals surface area contributed by atoms with Crippen molar-refractivity contribution >= 4 is 0 Å². The van der Waals surface area contributed by atoms with Crippen LogP contribution in [0.3, 0.4) is 0 Å². The number of hydrogen-bond donors (Lipinski definition) is 1. The number of likely N-dealkylation sites (tertiary alicyclic amines) is 1. The molecule has 0 bridgehead atoms. The van der Waals surface area contributed by atoms with Crippen LogP contribution < -0.4 is 5.32 Å². The molecular weight excluding hydrogens is 239 g/mol. The van der Waals surface area contributed by atoms with Crippen LogP contribution in [0.4, 0.5) is 4.39 Å². The van der Waals surface area contributed by atoms with Crippen LogP contribution in [0.5, 0.6) is 0 Å². The Kier molecular flexibility index (Phi) is 5.34. The normalized spacial score (nSPS) is 22.4. The summed E-state index contributed by atoms with van der Waals surface area (Å²) < 4.78 is 13.6. The van der Waals surface area contributed by atoms with Crippen molar-refractivity contribution in [3.63, 3.8) is 0 Å². The van der Waals surface area contributed by atoms with E-state index in [4.69, 9.17) is 0 Å². The number of rotatable bonds is 5. The van der Waals surface area contributed by atoms with Crippen LogP contribution in [0, 0.1) is 5.82 Å². The standard InChI is InChI=1S/C16H25FN2/c1-13(15-8-3-4-9-16(15)17)18-11-10-14-7-5-6-12-19(14)2/h3-4,8-9,13-14,18H,5-7,10-12H2,1-2H3/t13-,14?/m1/s1. The SMILES string of the molecule is C[C@@H](NCCC1CCCCN1C)c1ccccc1F. The fraction of sp³-hybridized carbons (Fsp3) is 0.625. The van der Waals surface area contributed by atoms with Crippen molar-refractivity contribution in [2.24, 2.45) is 0 Å². The number of benzene rings is 1. The summed E-state index contributed by atoms with van der Waals surface area (Å²) in [6.45, 7) is 4.20. The zero-order valence-electron chi connectivity index (χ0n) is 12.0. The third kappa shape index (κ3) is 4.02. The molecule has 1 aliphatic heterocycles. The lowest BCUT2D eigenvalue weighted by molar-refractivity contribution is 0.174. The molecule has 0 aliphatic carbocycles. The largest absolute Gasteiger partial charge is 0.310 e. The van der Waals surface area contributed by atoms with E-state index in [2.05, 4.69) is 17.3 Å². The molecular formula is C16H25FN2. The lowest BCUT2D eigenvalue weighted by Crippen LogP contribution is -2.38. The van der Waals surface area contributed by atoms with Gasteiger partial charge < -0.3 is 10.2 Å². The fourth-order valence-corrected chi connectivity index (χ4v) is 2.91. The molecule has 1 fully saturated rings. The molecule has 1 unspecified atom stereocenters. The average Bonchev–Trinajstić information content (AvgIpc) is 2.41. The predicted octanol–water partition coefficient (Wildman–Crippen LogP) is 3.35. The zero-order valence-corrected chi connectivity index (χ0v) is 12.0. The molecule has 1 saturated heterocycles. The van der Waals surface area contributed by atoms with Gasteiger partial charge in [0.25, 0.3) is 0 Å². The van der Waals surface area contributed by atoms with E-state index in [1.807, 2.05) is 19.1 Å². The van der Waals surface area contributed by atoms with Gasteiger partial charge in [-0.25, -0.2) is 4.39 Å². The number of nitrogens with one attached hydrogen (secondary N) is 1. The van der Waals surface area contributed by atoms with Gasteiger partial charge in [0, 0.05) is 17.6 Å². The van der Waals surface area contributed by atoms with Gasteiger partial charge in [-0.05, 0) is 52.4 Å². The second kappa shape index (κ2) is 7.01. The quantitative estimate of drug-likeness (QED) is 0.877. The van der Waals surface area contributed by atoms with Crippen LogP contribution in [0.2, 0.25) is 0 Å². The Balaban J connectivity index is 1.77. The molecule has 0 spiro atoms. The minimum atomic E-state index is -0.114. The highest BCUT2D eigenvalue weighted by atomic mass is 19.1. The van der Waals surface area contributed by atoms with Gasteiger partial charge in [-0.15, -0.1) is 0 Å². The minimum Gasteiger partial charge on any atom is -0.310 e. The van der Waals surface area contributed by atoms with E-state index in [9.17, 15) is 4.39 Å². The Morgan fingerprint density at radius 1 is 1.37 bits per heavy atom. The van der Waals surface area contributed by atoms with E-state index in [1.54, 1.807) is 6.07 Å². The monoisotopic (exact) mass is 264 g/mol. The molecule has 0 amide bonds. The summed E-state index contributed by atoms with van der Waals surface area (Å²) in [5.74, 6) is -0.114. The Bertz CT molecular complexity index is 394. The van der Waals surface area contributed by atoms with Crippen LogP contribution in [0.1, 0.15) is 44.2 Å². The Morgan fingerprint density at radius 3 is 2.89 bits per heavy atom. The van der Waals surface area contributed by atoms with Crippen molar-refractivity contribution in [2.45, 2.75) is 44.7 Å². The molecule has 2 rings (SSSR count). The van der Waals surface area contributed by atoms with Gasteiger partial charge in [0.15, 0.2) is 0 Å². The maximum atomic E-state index is 13.6. The number of nitrogens with zero attached hydrogens (tertiary/aromatic N) is 1. The van der Waals surface area contributed by atoms with E-state index < -0.39 is 0 Å². The van der Waals surface area contributed by atoms with Crippen molar-refractivity contribution in [2.75, 3.05) is 20.1 Å². The van der Waals surface area contributed by atoms with E-state index in [1.165, 1.54) is 31.9 Å². The lowest BCUT2D eigenvalue weighted by atomic mass is 10.00. The molecule has 1 aromatic carbocycles. The first kappa shape index (κ1) is 14.5. The smallest absolute Gasteiger partial charge is 0.127 e. The van der Waals surface area contributed by atoms with Crippen LogP contribution >= 0.6 is 0 Å². The first-order chi connectivity index (χ1) is 9.18. The zero-order chi connectivity index (χ0) is 13.7. The van der Waals surface area contributed by atoms with Gasteiger partial charge in [0.2, 0.25) is 0 Å². The van der Waals surface area contributed by atoms with E-state index >= 15 is 0 Å². The second-order valence-electron chi connectivity index (χ2n) is 5.62. The third-order valence-corrected chi connectivity index (χ3v) is 4.22. The summed E-state index contributed by atoms with van der Waals surface area (Å²) >= 11 is 0. The molecule has 19 heavy (non-hydrogen) atoms. The molecule has 106 valence electrons. The summed E-state index contributed by atoms with van der Waals surface area (Å²) in [5.41, 5.74) is 0.763. The Hall–Kier alpha value is -0.930. The molecule has 0 aromatic heterocycles. The molecule has 2 atom stereocenters. The number of hydrogen-bond acceptors (Lipinski definition) is 2. The molecule has 1 N–H and O–H groups in total. The van der Waals surface area contributed by atoms with Crippen molar-refractivity contribution in [1.29, 1.82) is 0 Å². The molecule has 0 saturated carbocycles. The summed E-state index contributed by atoms with van der Waals surface area (Å²) in [5, 5.41) is 3.44. The van der Waals surface area contributed by atoms with Gasteiger partial charge >= 0.3 is 0 Å². The van der Waals surface area contributed by atoms with Crippen molar-refractivity contribution in [3.8, 4) is 0 Å². The highest BCUT2D eigenvalue weighted by molar-refractivity contribution is 5.20. The Labute approximate surface area is 116 Å². The first-order valence-electron chi connectivity index (χ1n) is 7.36. The average molecular weight is 264 g/mol. The maximum Gasteiger partial charge on any atom is 0.127 e. The topological polar surface area (TPSA) is 15.3 Å². The van der Waals surface area contributed by atoms with Gasteiger partial charge in [-0.2, -0.15) is 0 Å². The number of halogens is 1.